The fourth-order valence-electron chi connectivity index (χ4n) is 5.84. The van der Waals surface area contributed by atoms with Crippen LogP contribution < -0.4 is 0 Å². The van der Waals surface area contributed by atoms with Crippen molar-refractivity contribution < 1.29 is 73.3 Å². The van der Waals surface area contributed by atoms with Crippen molar-refractivity contribution in [2.75, 3.05) is 13.8 Å². The Hall–Kier alpha value is -3.21. The second kappa shape index (κ2) is 67.8. The summed E-state index contributed by atoms with van der Waals surface area (Å²) in [7, 11) is 2.10. The molecular formula is C62H90B3Br4FNO14S7. The zero-order valence-electron chi connectivity index (χ0n) is 56.3. The number of carbonyl (C=O) groups excluding carboxylic acids is 7. The van der Waals surface area contributed by atoms with E-state index >= 15 is 0 Å². The van der Waals surface area contributed by atoms with Gasteiger partial charge in [0, 0.05) is 46.9 Å². The summed E-state index contributed by atoms with van der Waals surface area (Å²) in [6.45, 7) is 36.1. The summed E-state index contributed by atoms with van der Waals surface area (Å²) in [5.41, 5.74) is 12.2. The molecule has 513 valence electrons. The monoisotopic (exact) mass is 1670 g/mol. The predicted octanol–water partition coefficient (Wildman–Crippen LogP) is 20.1. The van der Waals surface area contributed by atoms with Gasteiger partial charge in [-0.05, 0) is 280 Å². The molecule has 1 radical (unpaired) electrons. The maximum atomic E-state index is 10.3. The summed E-state index contributed by atoms with van der Waals surface area (Å²) >= 11 is 27.2. The number of carbonyl (C=O) groups is 2. The molecular weight excluding hydrogens is 1580 g/mol. The zero-order chi connectivity index (χ0) is 73.6. The van der Waals surface area contributed by atoms with Crippen LogP contribution in [-0.4, -0.2) is 92.4 Å². The van der Waals surface area contributed by atoms with Gasteiger partial charge < -0.3 is 29.2 Å². The fraction of sp³-hybridized carbons (Fsp3) is 0.468. The van der Waals surface area contributed by atoms with Crippen molar-refractivity contribution in [3.8, 4) is 0 Å². The molecule has 1 aliphatic rings. The van der Waals surface area contributed by atoms with E-state index in [1.54, 1.807) is 69.2 Å². The van der Waals surface area contributed by atoms with Gasteiger partial charge in [0.1, 0.15) is 0 Å². The van der Waals surface area contributed by atoms with Crippen molar-refractivity contribution in [3.05, 3.63) is 145 Å². The third-order valence-corrected chi connectivity index (χ3v) is 21.4. The Morgan fingerprint density at radius 3 is 1.36 bits per heavy atom. The molecule has 6 aromatic rings. The number of thiophene rings is 6. The molecule has 0 bridgehead atoms. The number of rotatable bonds is 13. The van der Waals surface area contributed by atoms with Crippen LogP contribution in [0.15, 0.2) is 94.0 Å². The van der Waals surface area contributed by atoms with Crippen LogP contribution in [-0.2, 0) is 71.7 Å². The van der Waals surface area contributed by atoms with Crippen molar-refractivity contribution in [2.24, 2.45) is 4.30 Å². The average molecular weight is 1670 g/mol. The van der Waals surface area contributed by atoms with Crippen molar-refractivity contribution in [1.82, 2.24) is 0 Å². The SMILES string of the molecule is Brc1cscc1Br.C=CC(=O)OCC.CB(O)O.CB1OC(C)(C)C(C)(C)O1.CC/C=C/c1cscc1C.CCCCc1csc(Br)c1C.CCCCc1cscc1C.Cc1cscc1Br.Cc1scc(CCC(=O)O)c1C.O=C=O.O=C=O.O=C=O.[2H]CF.[B]=NS. The van der Waals surface area contributed by atoms with Gasteiger partial charge in [0.2, 0.25) is 0 Å². The fourth-order valence-corrected chi connectivity index (χ4v) is 12.9. The van der Waals surface area contributed by atoms with E-state index in [-0.39, 0.29) is 49.2 Å². The van der Waals surface area contributed by atoms with Gasteiger partial charge in [0.15, 0.2) is 0 Å². The molecule has 6 aromatic heterocycles. The third kappa shape index (κ3) is 59.3. The molecule has 1 aliphatic heterocycles. The van der Waals surface area contributed by atoms with Crippen LogP contribution >= 0.6 is 145 Å². The number of aryl methyl sites for hydroxylation is 7. The van der Waals surface area contributed by atoms with Crippen molar-refractivity contribution >= 4 is 203 Å². The molecule has 15 nitrogen and oxygen atoms in total. The van der Waals surface area contributed by atoms with E-state index in [0.29, 0.717) is 13.0 Å². The van der Waals surface area contributed by atoms with Gasteiger partial charge in [-0.1, -0.05) is 52.3 Å². The molecule has 7 rings (SSSR count). The topological polar surface area (TPSA) is 237 Å². The number of nitrogens with zero attached hydrogens (tertiary/aromatic N) is 1. The minimum atomic E-state index is -1.17. The first-order valence-corrected chi connectivity index (χ1v) is 36.9. The first kappa shape index (κ1) is 99.8. The van der Waals surface area contributed by atoms with Gasteiger partial charge >= 0.3 is 69.4 Å². The Bertz CT molecular complexity index is 2840. The molecule has 0 amide bonds. The summed E-state index contributed by atoms with van der Waals surface area (Å²) in [6, 6.07) is 0. The summed E-state index contributed by atoms with van der Waals surface area (Å²) < 4.78 is 38.5. The number of esters is 1. The van der Waals surface area contributed by atoms with Crippen molar-refractivity contribution in [3.63, 3.8) is 0 Å². The number of unbranched alkanes of at least 4 members (excludes halogenated alkanes) is 2. The number of ether oxygens (including phenoxy) is 1. The van der Waals surface area contributed by atoms with E-state index in [1.165, 1.54) is 103 Å². The van der Waals surface area contributed by atoms with E-state index in [1.807, 2.05) is 41.2 Å². The van der Waals surface area contributed by atoms with Gasteiger partial charge in [0.05, 0.1) is 30.1 Å². The van der Waals surface area contributed by atoms with Crippen molar-refractivity contribution in [1.29, 1.82) is 0 Å². The Morgan fingerprint density at radius 1 is 0.717 bits per heavy atom. The number of halogens is 5. The standard InChI is InChI=1S/C9H13BrS.C9H12O2S.C9H14S.C9H12S.C7H15BO2.C5H5BrS.C5H8O2.C4H2Br2S.CH5BO2.CH3F.3CO2.BHNS/c1-3-4-5-8-6-11-9(10)7(8)2;1-6-7(2)12-5-8(6)3-4-9(10)11;2*1-3-4-5-9-7-10-6-8(9)2;1-6(2)7(3,4)10-8(5)9-6;1-4-2-7-3-5(4)6;1-3-5(6)7-4-2;5-3-1-7-2-4(3)6;1-2(3)4;1-2;3*2-1-3;1-2-3/h6H,3-5H2,1-2H3;5H,3-4H2,1-2H3,(H,10,11);6-7H,3-5H2,1-2H3;4-7H,3H2,1-2H3;1-5H3;2-3H,1H3;3H,1,4H2,2H3;1-2H;3-4H,1H3;1H3;;;;3H/b;;;5-4+;;;;;;;;;;/i;;;;;;;;;1D;;;;. The Labute approximate surface area is 612 Å². The number of allylic oxidation sites excluding steroid dienone is 1. The average Bonchev–Trinajstić information content (AvgIpc) is 1.66. The number of hydrogen-bond acceptors (Lipinski definition) is 21. The molecule has 1 fully saturated rings. The molecule has 30 heteroatoms. The molecule has 92 heavy (non-hydrogen) atoms. The van der Waals surface area contributed by atoms with E-state index in [2.05, 4.69) is 233 Å². The molecule has 7 heterocycles. The van der Waals surface area contributed by atoms with Gasteiger partial charge in [-0.3, -0.25) is 9.18 Å². The molecule has 0 aliphatic carbocycles. The van der Waals surface area contributed by atoms with Crippen LogP contribution in [0, 0.1) is 41.5 Å². The molecule has 3 N–H and O–H groups in total. The minimum absolute atomic E-state index is 0.0648. The second-order valence-electron chi connectivity index (χ2n) is 18.9. The predicted molar refractivity (Wildman–Crippen MR) is 402 cm³/mol. The number of carboxylic acids is 1. The van der Waals surface area contributed by atoms with E-state index in [4.69, 9.17) is 54.6 Å². The second-order valence-corrected chi connectivity index (χ2v) is 27.9. The van der Waals surface area contributed by atoms with Crippen LogP contribution in [0.2, 0.25) is 13.6 Å². The van der Waals surface area contributed by atoms with Gasteiger partial charge in [-0.2, -0.15) is 74.1 Å². The molecule has 0 atom stereocenters. The van der Waals surface area contributed by atoms with E-state index in [0.717, 1.165) is 21.4 Å². The number of thiol groups is 1. The van der Waals surface area contributed by atoms with Gasteiger partial charge in [-0.15, -0.1) is 22.7 Å². The number of carboxylic acid groups (broad SMARTS) is 1. The van der Waals surface area contributed by atoms with Crippen molar-refractivity contribution in [2.45, 2.75) is 180 Å². The Morgan fingerprint density at radius 2 is 1.11 bits per heavy atom. The summed E-state index contributed by atoms with van der Waals surface area (Å²) in [6.07, 6.45) is 16.0. The number of hydrogen-bond donors (Lipinski definition) is 4. The third-order valence-electron chi connectivity index (χ3n) is 11.3. The maximum absolute atomic E-state index is 10.3. The molecule has 0 aromatic carbocycles. The van der Waals surface area contributed by atoms with Crippen LogP contribution in [0.4, 0.5) is 4.39 Å². The van der Waals surface area contributed by atoms with Crippen LogP contribution in [0.3, 0.4) is 0 Å². The normalized spacial score (nSPS) is 10.9. The summed E-state index contributed by atoms with van der Waals surface area (Å²) in [5.74, 6) is -1.08. The quantitative estimate of drug-likeness (QED) is 0.0364. The van der Waals surface area contributed by atoms with E-state index < -0.39 is 20.2 Å². The zero-order valence-corrected chi connectivity index (χ0v) is 67.4. The number of aliphatic carboxylic acids is 1. The first-order chi connectivity index (χ1) is 43.6. The molecule has 0 unspecified atom stereocenters. The van der Waals surface area contributed by atoms with Crippen LogP contribution in [0.25, 0.3) is 6.08 Å². The molecule has 0 saturated carbocycles. The van der Waals surface area contributed by atoms with Crippen LogP contribution in [0.5, 0.6) is 0 Å². The van der Waals surface area contributed by atoms with E-state index in [9.17, 15) is 14.0 Å². The first-order valence-electron chi connectivity index (χ1n) is 28.5. The van der Waals surface area contributed by atoms with Gasteiger partial charge in [-0.25, -0.2) is 4.79 Å². The molecule has 1 saturated heterocycles. The summed E-state index contributed by atoms with van der Waals surface area (Å²) in [5, 5.41) is 45.1. The Kier molecular flexibility index (Phi) is 73.5. The van der Waals surface area contributed by atoms with Gasteiger partial charge in [0.25, 0.3) is 0 Å². The molecule has 0 spiro atoms. The number of alkyl halides is 1. The van der Waals surface area contributed by atoms with Crippen LogP contribution in [0.1, 0.15) is 150 Å². The Balaban J connectivity index is -0.000000176. The summed E-state index contributed by atoms with van der Waals surface area (Å²) in [4.78, 5) is 70.4.